The summed E-state index contributed by atoms with van der Waals surface area (Å²) in [4.78, 5) is 4.37. The zero-order valence-electron chi connectivity index (χ0n) is 11.3. The molecule has 1 heterocycles. The van der Waals surface area contributed by atoms with Crippen molar-refractivity contribution in [3.05, 3.63) is 71.9 Å². The van der Waals surface area contributed by atoms with E-state index in [0.29, 0.717) is 0 Å². The fourth-order valence-electron chi connectivity index (χ4n) is 2.48. The molecule has 0 radical (unpaired) electrons. The maximum Gasteiger partial charge on any atom is 0.123 e. The number of nitrogens with two attached hydrogens (primary N) is 1. The first-order valence-electron chi connectivity index (χ1n) is 6.53. The highest BCUT2D eigenvalue weighted by molar-refractivity contribution is 5.82. The number of fused-ring (bicyclic) bond motifs is 1. The Morgan fingerprint density at radius 2 is 1.70 bits per heavy atom. The lowest BCUT2D eigenvalue weighted by molar-refractivity contribution is 0.408. The number of pyridine rings is 1. The minimum absolute atomic E-state index is 0.237. The maximum absolute atomic E-state index is 6.45. The Kier molecular flexibility index (Phi) is 3.35. The molecule has 0 amide bonds. The number of ether oxygens (including phenoxy) is 1. The van der Waals surface area contributed by atoms with Gasteiger partial charge in [-0.3, -0.25) is 4.98 Å². The van der Waals surface area contributed by atoms with E-state index in [2.05, 4.69) is 4.98 Å². The molecule has 0 fully saturated rings. The Morgan fingerprint density at radius 3 is 2.55 bits per heavy atom. The lowest BCUT2D eigenvalue weighted by Gasteiger charge is -2.17. The van der Waals surface area contributed by atoms with Crippen molar-refractivity contribution >= 4 is 10.9 Å². The van der Waals surface area contributed by atoms with Gasteiger partial charge in [0.25, 0.3) is 0 Å². The quantitative estimate of drug-likeness (QED) is 0.789. The number of benzene rings is 2. The molecule has 0 bridgehead atoms. The number of rotatable bonds is 3. The number of aromatic nitrogens is 1. The number of para-hydroxylation sites is 2. The van der Waals surface area contributed by atoms with Crippen LogP contribution in [0, 0.1) is 0 Å². The average Bonchev–Trinajstić information content (AvgIpc) is 2.53. The average molecular weight is 264 g/mol. The van der Waals surface area contributed by atoms with Crippen LogP contribution in [0.2, 0.25) is 0 Å². The molecule has 2 aromatic carbocycles. The SMILES string of the molecule is COc1ccccc1C(N)c1ccnc2ccccc12. The summed E-state index contributed by atoms with van der Waals surface area (Å²) in [6.07, 6.45) is 1.80. The van der Waals surface area contributed by atoms with Gasteiger partial charge >= 0.3 is 0 Å². The van der Waals surface area contributed by atoms with Crippen molar-refractivity contribution in [1.29, 1.82) is 0 Å². The van der Waals surface area contributed by atoms with Gasteiger partial charge in [0.1, 0.15) is 5.75 Å². The van der Waals surface area contributed by atoms with E-state index in [1.807, 2.05) is 54.6 Å². The molecule has 20 heavy (non-hydrogen) atoms. The zero-order valence-corrected chi connectivity index (χ0v) is 11.3. The molecule has 0 spiro atoms. The van der Waals surface area contributed by atoms with Crippen LogP contribution in [-0.2, 0) is 0 Å². The smallest absolute Gasteiger partial charge is 0.123 e. The van der Waals surface area contributed by atoms with Crippen LogP contribution >= 0.6 is 0 Å². The van der Waals surface area contributed by atoms with Crippen LogP contribution < -0.4 is 10.5 Å². The third-order valence-corrected chi connectivity index (χ3v) is 3.49. The van der Waals surface area contributed by atoms with E-state index in [0.717, 1.165) is 27.8 Å². The normalized spacial score (nSPS) is 12.3. The van der Waals surface area contributed by atoms with Crippen molar-refractivity contribution < 1.29 is 4.74 Å². The summed E-state index contributed by atoms with van der Waals surface area (Å²) in [6, 6.07) is 17.6. The molecule has 0 saturated heterocycles. The van der Waals surface area contributed by atoms with E-state index in [9.17, 15) is 0 Å². The van der Waals surface area contributed by atoms with Gasteiger partial charge in [-0.25, -0.2) is 0 Å². The topological polar surface area (TPSA) is 48.1 Å². The second kappa shape index (κ2) is 5.31. The summed E-state index contributed by atoms with van der Waals surface area (Å²) < 4.78 is 5.40. The van der Waals surface area contributed by atoms with Gasteiger partial charge < -0.3 is 10.5 Å². The van der Waals surface area contributed by atoms with Gasteiger partial charge in [0.05, 0.1) is 18.7 Å². The molecule has 0 saturated carbocycles. The molecule has 0 aliphatic carbocycles. The summed E-state index contributed by atoms with van der Waals surface area (Å²) in [5, 5.41) is 1.08. The highest BCUT2D eigenvalue weighted by Crippen LogP contribution is 2.31. The Labute approximate surface area is 118 Å². The number of methoxy groups -OCH3 is 1. The molecule has 3 nitrogen and oxygen atoms in total. The first kappa shape index (κ1) is 12.6. The van der Waals surface area contributed by atoms with Crippen LogP contribution in [0.4, 0.5) is 0 Å². The van der Waals surface area contributed by atoms with E-state index in [1.165, 1.54) is 0 Å². The molecule has 1 aromatic heterocycles. The van der Waals surface area contributed by atoms with E-state index in [1.54, 1.807) is 13.3 Å². The van der Waals surface area contributed by atoms with Crippen LogP contribution in [0.5, 0.6) is 5.75 Å². The van der Waals surface area contributed by atoms with Crippen LogP contribution in [0.1, 0.15) is 17.2 Å². The van der Waals surface area contributed by atoms with Crippen LogP contribution in [0.3, 0.4) is 0 Å². The number of hydrogen-bond acceptors (Lipinski definition) is 3. The third-order valence-electron chi connectivity index (χ3n) is 3.49. The van der Waals surface area contributed by atoms with Gasteiger partial charge in [-0.1, -0.05) is 36.4 Å². The molecule has 0 aliphatic heterocycles. The molecule has 1 atom stereocenters. The van der Waals surface area contributed by atoms with Gasteiger partial charge in [0.2, 0.25) is 0 Å². The fourth-order valence-corrected chi connectivity index (χ4v) is 2.48. The van der Waals surface area contributed by atoms with Gasteiger partial charge in [0.15, 0.2) is 0 Å². The van der Waals surface area contributed by atoms with E-state index < -0.39 is 0 Å². The Balaban J connectivity index is 2.15. The summed E-state index contributed by atoms with van der Waals surface area (Å²) in [6.45, 7) is 0. The van der Waals surface area contributed by atoms with Gasteiger partial charge in [-0.15, -0.1) is 0 Å². The number of hydrogen-bond donors (Lipinski definition) is 1. The molecular weight excluding hydrogens is 248 g/mol. The monoisotopic (exact) mass is 264 g/mol. The Bertz CT molecular complexity index is 734. The largest absolute Gasteiger partial charge is 0.496 e. The molecule has 100 valence electrons. The van der Waals surface area contributed by atoms with Crippen molar-refractivity contribution in [3.8, 4) is 5.75 Å². The first-order valence-corrected chi connectivity index (χ1v) is 6.53. The predicted octanol–water partition coefficient (Wildman–Crippen LogP) is 3.29. The molecule has 3 rings (SSSR count). The molecular formula is C17H16N2O. The van der Waals surface area contributed by atoms with Crippen LogP contribution in [-0.4, -0.2) is 12.1 Å². The van der Waals surface area contributed by atoms with Gasteiger partial charge in [0, 0.05) is 17.1 Å². The number of nitrogens with zero attached hydrogens (tertiary/aromatic N) is 1. The molecule has 3 heteroatoms. The maximum atomic E-state index is 6.45. The molecule has 2 N–H and O–H groups in total. The minimum atomic E-state index is -0.237. The second-order valence-corrected chi connectivity index (χ2v) is 4.64. The van der Waals surface area contributed by atoms with Crippen molar-refractivity contribution in [1.82, 2.24) is 4.98 Å². The van der Waals surface area contributed by atoms with Crippen molar-refractivity contribution in [2.45, 2.75) is 6.04 Å². The van der Waals surface area contributed by atoms with Crippen LogP contribution in [0.25, 0.3) is 10.9 Å². The highest BCUT2D eigenvalue weighted by atomic mass is 16.5. The summed E-state index contributed by atoms with van der Waals surface area (Å²) in [5.74, 6) is 0.806. The lowest BCUT2D eigenvalue weighted by atomic mass is 9.96. The highest BCUT2D eigenvalue weighted by Gasteiger charge is 2.15. The Morgan fingerprint density at radius 1 is 0.950 bits per heavy atom. The standard InChI is InChI=1S/C17H16N2O/c1-20-16-9-5-3-7-14(16)17(18)13-10-11-19-15-8-4-2-6-12(13)15/h2-11,17H,18H2,1H3. The fraction of sp³-hybridized carbons (Fsp3) is 0.118. The summed E-state index contributed by atoms with van der Waals surface area (Å²) in [7, 11) is 1.66. The van der Waals surface area contributed by atoms with Crippen molar-refractivity contribution in [2.24, 2.45) is 5.73 Å². The minimum Gasteiger partial charge on any atom is -0.496 e. The molecule has 1 unspecified atom stereocenters. The van der Waals surface area contributed by atoms with E-state index in [-0.39, 0.29) is 6.04 Å². The molecule has 3 aromatic rings. The predicted molar refractivity (Wildman–Crippen MR) is 80.8 cm³/mol. The second-order valence-electron chi connectivity index (χ2n) is 4.64. The third kappa shape index (κ3) is 2.12. The van der Waals surface area contributed by atoms with Crippen molar-refractivity contribution in [3.63, 3.8) is 0 Å². The zero-order chi connectivity index (χ0) is 13.9. The lowest BCUT2D eigenvalue weighted by Crippen LogP contribution is -2.13. The molecule has 0 aliphatic rings. The first-order chi connectivity index (χ1) is 9.81. The van der Waals surface area contributed by atoms with Gasteiger partial charge in [-0.05, 0) is 23.8 Å². The summed E-state index contributed by atoms with van der Waals surface area (Å²) in [5.41, 5.74) is 9.44. The van der Waals surface area contributed by atoms with Crippen LogP contribution in [0.15, 0.2) is 60.8 Å². The van der Waals surface area contributed by atoms with Gasteiger partial charge in [-0.2, -0.15) is 0 Å². The van der Waals surface area contributed by atoms with E-state index in [4.69, 9.17) is 10.5 Å². The van der Waals surface area contributed by atoms with E-state index >= 15 is 0 Å². The van der Waals surface area contributed by atoms with Crippen molar-refractivity contribution in [2.75, 3.05) is 7.11 Å². The summed E-state index contributed by atoms with van der Waals surface area (Å²) >= 11 is 0. The Hall–Kier alpha value is -2.39.